The zero-order valence-corrected chi connectivity index (χ0v) is 16.4. The van der Waals surface area contributed by atoms with Crippen LogP contribution in [0.4, 0.5) is 0 Å². The predicted molar refractivity (Wildman–Crippen MR) is 100 cm³/mol. The van der Waals surface area contributed by atoms with Crippen LogP contribution in [-0.4, -0.2) is 32.9 Å². The number of carbonyl (C=O) groups is 1. The van der Waals surface area contributed by atoms with E-state index in [0.29, 0.717) is 12.1 Å². The third-order valence-corrected chi connectivity index (χ3v) is 6.85. The first-order valence-electron chi connectivity index (χ1n) is 6.76. The van der Waals surface area contributed by atoms with Crippen molar-refractivity contribution in [3.05, 3.63) is 50.6 Å². The van der Waals surface area contributed by atoms with Gasteiger partial charge in [-0.1, -0.05) is 6.07 Å². The molecule has 0 atom stereocenters. The summed E-state index contributed by atoms with van der Waals surface area (Å²) in [6.45, 7) is 0.541. The SMILES string of the molecule is CS(=O)(=O)c1cccc(C(=O)NCCSCc2ccc(Br)s2)c1. The van der Waals surface area contributed by atoms with Gasteiger partial charge in [0.15, 0.2) is 9.84 Å². The van der Waals surface area contributed by atoms with Gasteiger partial charge in [0, 0.05) is 34.7 Å². The number of amides is 1. The zero-order valence-electron chi connectivity index (χ0n) is 12.4. The van der Waals surface area contributed by atoms with Crippen molar-refractivity contribution in [2.45, 2.75) is 10.6 Å². The molecule has 0 unspecified atom stereocenters. The van der Waals surface area contributed by atoms with Crippen molar-refractivity contribution in [3.8, 4) is 0 Å². The van der Waals surface area contributed by atoms with Gasteiger partial charge in [-0.2, -0.15) is 11.8 Å². The van der Waals surface area contributed by atoms with Crippen LogP contribution < -0.4 is 5.32 Å². The van der Waals surface area contributed by atoms with Crippen molar-refractivity contribution in [2.24, 2.45) is 0 Å². The molecule has 1 aromatic carbocycles. The van der Waals surface area contributed by atoms with E-state index in [4.69, 9.17) is 0 Å². The van der Waals surface area contributed by atoms with Crippen molar-refractivity contribution in [2.75, 3.05) is 18.6 Å². The number of halogens is 1. The average Bonchev–Trinajstić information content (AvgIpc) is 2.91. The highest BCUT2D eigenvalue weighted by Crippen LogP contribution is 2.25. The number of hydrogen-bond acceptors (Lipinski definition) is 5. The Morgan fingerprint density at radius 3 is 2.74 bits per heavy atom. The smallest absolute Gasteiger partial charge is 0.251 e. The summed E-state index contributed by atoms with van der Waals surface area (Å²) in [5, 5.41) is 2.81. The highest BCUT2D eigenvalue weighted by molar-refractivity contribution is 9.11. The first-order chi connectivity index (χ1) is 10.9. The van der Waals surface area contributed by atoms with Crippen LogP contribution in [0.3, 0.4) is 0 Å². The largest absolute Gasteiger partial charge is 0.351 e. The van der Waals surface area contributed by atoms with Gasteiger partial charge in [-0.3, -0.25) is 4.79 Å². The van der Waals surface area contributed by atoms with Crippen LogP contribution in [0.2, 0.25) is 0 Å². The molecule has 0 spiro atoms. The molecule has 8 heteroatoms. The van der Waals surface area contributed by atoms with Gasteiger partial charge in [0.25, 0.3) is 5.91 Å². The Balaban J connectivity index is 1.79. The fourth-order valence-corrected chi connectivity index (χ4v) is 4.93. The van der Waals surface area contributed by atoms with Gasteiger partial charge in [0.2, 0.25) is 0 Å². The molecule has 2 rings (SSSR count). The van der Waals surface area contributed by atoms with Gasteiger partial charge in [-0.15, -0.1) is 11.3 Å². The van der Waals surface area contributed by atoms with E-state index < -0.39 is 9.84 Å². The van der Waals surface area contributed by atoms with E-state index in [1.165, 1.54) is 17.0 Å². The molecule has 2 aromatic rings. The standard InChI is InChI=1S/C15H16BrNO3S3/c1-23(19,20)13-4-2-3-11(9-13)15(18)17-7-8-21-10-12-5-6-14(16)22-12/h2-6,9H,7-8,10H2,1H3,(H,17,18). The number of carbonyl (C=O) groups excluding carboxylic acids is 1. The first-order valence-corrected chi connectivity index (χ1v) is 11.4. The van der Waals surface area contributed by atoms with E-state index in [0.717, 1.165) is 21.5 Å². The second-order valence-corrected chi connectivity index (χ2v) is 10.5. The number of thiophene rings is 1. The lowest BCUT2D eigenvalue weighted by molar-refractivity contribution is 0.0956. The van der Waals surface area contributed by atoms with Gasteiger partial charge >= 0.3 is 0 Å². The van der Waals surface area contributed by atoms with Crippen LogP contribution >= 0.6 is 39.0 Å². The van der Waals surface area contributed by atoms with Gasteiger partial charge < -0.3 is 5.32 Å². The molecule has 0 aliphatic heterocycles. The molecule has 0 aliphatic carbocycles. The minimum absolute atomic E-state index is 0.155. The van der Waals surface area contributed by atoms with E-state index in [2.05, 4.69) is 27.3 Å². The Morgan fingerprint density at radius 2 is 2.09 bits per heavy atom. The molecule has 0 saturated heterocycles. The Labute approximate surface area is 152 Å². The summed E-state index contributed by atoms with van der Waals surface area (Å²) in [6.07, 6.45) is 1.13. The summed E-state index contributed by atoms with van der Waals surface area (Å²) in [4.78, 5) is 13.5. The first kappa shape index (κ1) is 18.5. The monoisotopic (exact) mass is 433 g/mol. The minimum atomic E-state index is -3.30. The number of thioether (sulfide) groups is 1. The van der Waals surface area contributed by atoms with E-state index in [9.17, 15) is 13.2 Å². The summed E-state index contributed by atoms with van der Waals surface area (Å²) in [5.41, 5.74) is 0.361. The van der Waals surface area contributed by atoms with Crippen LogP contribution in [0.15, 0.2) is 45.1 Å². The summed E-state index contributed by atoms with van der Waals surface area (Å²) >= 11 is 6.88. The fraction of sp³-hybridized carbons (Fsp3) is 0.267. The highest BCUT2D eigenvalue weighted by Gasteiger charge is 2.11. The third-order valence-electron chi connectivity index (χ3n) is 2.93. The summed E-state index contributed by atoms with van der Waals surface area (Å²) in [6, 6.07) is 10.2. The number of rotatable bonds is 7. The maximum atomic E-state index is 12.0. The van der Waals surface area contributed by atoms with Crippen molar-refractivity contribution in [3.63, 3.8) is 0 Å². The average molecular weight is 434 g/mol. The molecule has 0 fully saturated rings. The number of nitrogens with one attached hydrogen (secondary N) is 1. The molecular weight excluding hydrogens is 418 g/mol. The van der Waals surface area contributed by atoms with Crippen LogP contribution in [0.5, 0.6) is 0 Å². The quantitative estimate of drug-likeness (QED) is 0.677. The van der Waals surface area contributed by atoms with Crippen LogP contribution in [-0.2, 0) is 15.6 Å². The fourth-order valence-electron chi connectivity index (χ4n) is 1.81. The summed E-state index contributed by atoms with van der Waals surface area (Å²) in [5.74, 6) is 1.46. The molecule has 1 N–H and O–H groups in total. The molecule has 0 radical (unpaired) electrons. The van der Waals surface area contributed by atoms with Gasteiger partial charge in [0.1, 0.15) is 0 Å². The van der Waals surface area contributed by atoms with Crippen molar-refractivity contribution in [1.82, 2.24) is 5.32 Å². The number of benzene rings is 1. The lowest BCUT2D eigenvalue weighted by Gasteiger charge is -2.06. The summed E-state index contributed by atoms with van der Waals surface area (Å²) < 4.78 is 24.1. The van der Waals surface area contributed by atoms with E-state index in [-0.39, 0.29) is 10.8 Å². The lowest BCUT2D eigenvalue weighted by atomic mass is 10.2. The molecule has 1 heterocycles. The zero-order chi connectivity index (χ0) is 16.9. The molecule has 0 saturated carbocycles. The lowest BCUT2D eigenvalue weighted by Crippen LogP contribution is -2.25. The number of sulfone groups is 1. The van der Waals surface area contributed by atoms with Gasteiger partial charge in [-0.25, -0.2) is 8.42 Å². The maximum absolute atomic E-state index is 12.0. The molecule has 23 heavy (non-hydrogen) atoms. The molecule has 0 aliphatic rings. The topological polar surface area (TPSA) is 63.2 Å². The highest BCUT2D eigenvalue weighted by atomic mass is 79.9. The Morgan fingerprint density at radius 1 is 1.30 bits per heavy atom. The molecule has 0 bridgehead atoms. The van der Waals surface area contributed by atoms with E-state index >= 15 is 0 Å². The molecule has 124 valence electrons. The maximum Gasteiger partial charge on any atom is 0.251 e. The predicted octanol–water partition coefficient (Wildman–Crippen LogP) is 3.58. The van der Waals surface area contributed by atoms with Crippen molar-refractivity contribution in [1.29, 1.82) is 0 Å². The van der Waals surface area contributed by atoms with E-state index in [1.807, 2.05) is 6.07 Å². The van der Waals surface area contributed by atoms with Gasteiger partial charge in [0.05, 0.1) is 8.68 Å². The summed E-state index contributed by atoms with van der Waals surface area (Å²) in [7, 11) is -3.30. The number of hydrogen-bond donors (Lipinski definition) is 1. The van der Waals surface area contributed by atoms with Crippen LogP contribution in [0, 0.1) is 0 Å². The molecule has 1 aromatic heterocycles. The van der Waals surface area contributed by atoms with Crippen molar-refractivity contribution < 1.29 is 13.2 Å². The second-order valence-electron chi connectivity index (χ2n) is 4.81. The van der Waals surface area contributed by atoms with Crippen molar-refractivity contribution >= 4 is 54.8 Å². The molecular formula is C15H16BrNO3S3. The Hall–Kier alpha value is -0.830. The van der Waals surface area contributed by atoms with Crippen LogP contribution in [0.25, 0.3) is 0 Å². The third kappa shape index (κ3) is 5.95. The van der Waals surface area contributed by atoms with E-state index in [1.54, 1.807) is 35.2 Å². The molecule has 1 amide bonds. The Bertz CT molecular complexity index is 787. The van der Waals surface area contributed by atoms with Crippen LogP contribution in [0.1, 0.15) is 15.2 Å². The minimum Gasteiger partial charge on any atom is -0.351 e. The second kappa shape index (κ2) is 8.32. The Kier molecular flexibility index (Phi) is 6.70. The normalized spacial score (nSPS) is 11.4. The molecule has 4 nitrogen and oxygen atoms in total. The van der Waals surface area contributed by atoms with Gasteiger partial charge in [-0.05, 0) is 46.3 Å².